The Morgan fingerprint density at radius 3 is 1.14 bits per heavy atom. The first-order valence-electron chi connectivity index (χ1n) is 35.2. The average molecular weight is 1690 g/mol. The van der Waals surface area contributed by atoms with Gasteiger partial charge in [0, 0.05) is 82.4 Å². The number of fused-ring (bicyclic) bond motifs is 1. The van der Waals surface area contributed by atoms with Crippen molar-refractivity contribution < 1.29 is 140 Å². The molecule has 7 rings (SSSR count). The number of aryl methyl sites for hydroxylation is 1. The van der Waals surface area contributed by atoms with Crippen molar-refractivity contribution in [3.63, 3.8) is 0 Å². The number of halogens is 27. The summed E-state index contributed by atoms with van der Waals surface area (Å²) in [5, 5.41) is 2.89. The molecule has 3 aliphatic rings. The van der Waals surface area contributed by atoms with Gasteiger partial charge in [-0.3, -0.25) is 0 Å². The number of unbranched alkanes of at least 4 members (excludes halogenated alkanes) is 2. The van der Waals surface area contributed by atoms with E-state index < -0.39 is 55.6 Å². The summed E-state index contributed by atoms with van der Waals surface area (Å²) in [6.45, 7) is 13.0. The number of ether oxygens (including phenoxy) is 1. The van der Waals surface area contributed by atoms with Crippen molar-refractivity contribution in [2.45, 2.75) is 231 Å². The third kappa shape index (κ3) is 83.9. The van der Waals surface area contributed by atoms with Crippen LogP contribution in [0.4, 0.5) is 119 Å². The molecule has 0 aliphatic heterocycles. The van der Waals surface area contributed by atoms with Gasteiger partial charge in [-0.25, -0.2) is 0 Å². The van der Waals surface area contributed by atoms with Crippen LogP contribution < -0.4 is 0 Å². The molecule has 3 saturated carbocycles. The van der Waals surface area contributed by atoms with Crippen LogP contribution in [0.1, 0.15) is 191 Å². The van der Waals surface area contributed by atoms with E-state index in [1.54, 1.807) is 73.7 Å². The molecule has 30 heteroatoms. The van der Waals surface area contributed by atoms with E-state index in [0.29, 0.717) is 48.8 Å². The molecule has 1 aromatic heterocycles. The molecule has 111 heavy (non-hydrogen) atoms. The van der Waals surface area contributed by atoms with Crippen molar-refractivity contribution in [1.82, 2.24) is 0 Å². The van der Waals surface area contributed by atoms with E-state index in [2.05, 4.69) is 6.58 Å². The minimum absolute atomic E-state index is 0. The first-order valence-corrected chi connectivity index (χ1v) is 36.1. The van der Waals surface area contributed by atoms with Crippen molar-refractivity contribution in [3.8, 4) is 0 Å². The van der Waals surface area contributed by atoms with E-state index in [4.69, 9.17) is 4.74 Å². The second kappa shape index (κ2) is 60.7. The second-order valence-corrected chi connectivity index (χ2v) is 25.1. The van der Waals surface area contributed by atoms with Crippen LogP contribution in [-0.2, 0) is 21.8 Å². The zero-order chi connectivity index (χ0) is 84.4. The Bertz CT molecular complexity index is 3180. The molecule has 1 heterocycles. The van der Waals surface area contributed by atoms with Crippen LogP contribution >= 0.6 is 11.3 Å². The van der Waals surface area contributed by atoms with Crippen LogP contribution in [0.2, 0.25) is 0 Å². The summed E-state index contributed by atoms with van der Waals surface area (Å²) in [4.78, 5) is 0. The molecule has 0 N–H and O–H groups in total. The van der Waals surface area contributed by atoms with Gasteiger partial charge in [0.1, 0.15) is 0 Å². The summed E-state index contributed by atoms with van der Waals surface area (Å²) in [7, 11) is 0. The molecule has 3 aliphatic carbocycles. The molecule has 4 aromatic rings. The van der Waals surface area contributed by atoms with Crippen LogP contribution in [0.25, 0.3) is 28.3 Å². The van der Waals surface area contributed by atoms with Crippen LogP contribution in [0, 0.1) is 18.8 Å². The molecule has 3 aromatic carbocycles. The molecule has 0 atom stereocenters. The molecular formula is C81H99F27FeOS. The molecule has 0 radical (unpaired) electrons. The minimum atomic E-state index is -4.25. The van der Waals surface area contributed by atoms with E-state index in [0.717, 1.165) is 127 Å². The number of allylic oxidation sites excluding steroid dienone is 17. The molecule has 0 bridgehead atoms. The molecule has 0 spiro atoms. The Morgan fingerprint density at radius 1 is 0.387 bits per heavy atom. The summed E-state index contributed by atoms with van der Waals surface area (Å²) in [6, 6.07) is 23.4. The Balaban J connectivity index is -0.000000581. The molecular weight excluding hydrogens is 1590 g/mol. The zero-order valence-electron chi connectivity index (χ0n) is 62.1. The molecule has 1 nitrogen and oxygen atoms in total. The SMILES string of the molecule is C1CCCC1.C=C(OCC/C=C\C(F)(F)F)C1CCCC1.CC/C=C\C(F)(F)F.CC/C=C\C(F)(F)F.CCC/C=C\C(F)(F)F.CCC/C=C\C(F)(F)F.Cc1ccc(/C=C\C(F)(F)F)cc1.FC(F)(F)/C=C\C/C=C/c1ccccc1.FC(F)(F)/C=C\C1CCCCC1.FC(F)(F)/C=C\c1ccc2sccc2c1.[Fe]. The van der Waals surface area contributed by atoms with Gasteiger partial charge in [-0.1, -0.05) is 244 Å². The van der Waals surface area contributed by atoms with Gasteiger partial charge in [0.15, 0.2) is 0 Å². The van der Waals surface area contributed by atoms with Crippen LogP contribution in [0.5, 0.6) is 0 Å². The number of thiophene rings is 1. The third-order valence-electron chi connectivity index (χ3n) is 13.9. The standard InChI is InChI=1S/C12H17F3O.C12H11F3.C11H7F3S.C10H9F3.C9H13F3.2C6H9F3.2C5H7F3.C5H10.Fe/c1-10(11-6-2-3-7-11)16-9-5-4-8-12(13,14)15;13-12(14,15)10-6-2-5-9-11-7-3-1-4-8-11;12-11(13,14)5-3-8-1-2-10-9(7-8)4-6-15-10;1-8-2-4-9(5-3-8)6-7-10(11,12)13;10-9(11,12)7-6-8-4-2-1-3-5-8;2*1-2-3-4-5-6(7,8)9;2*1-2-3-4-5(6,7)8;1-2-4-5-3-1;/h4,8,11H,1-3,5-7,9H2;1,3-10H,2H2;1-7H;2-7H,1H3;6-8H,1-5H2;2*4-5H,2-3H2,1H3;2*3-4H,2H2,1H3;1-5H2;/b8-4-;9-5+,10-6-;5-3-;2*7-6-;2*5-4-;2*4-3-;;. The van der Waals surface area contributed by atoms with Crippen LogP contribution in [-0.4, -0.2) is 62.2 Å². The molecule has 0 amide bonds. The number of benzene rings is 3. The van der Waals surface area contributed by atoms with Crippen LogP contribution in [0.3, 0.4) is 0 Å². The molecule has 3 fully saturated rings. The quantitative estimate of drug-likeness (QED) is 0.0337. The second-order valence-electron chi connectivity index (χ2n) is 24.1. The van der Waals surface area contributed by atoms with E-state index in [1.807, 2.05) is 68.6 Å². The topological polar surface area (TPSA) is 9.23 Å². The fourth-order valence-corrected chi connectivity index (χ4v) is 9.53. The van der Waals surface area contributed by atoms with Gasteiger partial charge < -0.3 is 4.74 Å². The maximum atomic E-state index is 11.9. The number of alkyl halides is 27. The van der Waals surface area contributed by atoms with Gasteiger partial charge in [0.25, 0.3) is 0 Å². The van der Waals surface area contributed by atoms with Crippen molar-refractivity contribution >= 4 is 39.7 Å². The predicted octanol–water partition coefficient (Wildman–Crippen LogP) is 32.9. The smallest absolute Gasteiger partial charge is 0.409 e. The van der Waals surface area contributed by atoms with Gasteiger partial charge >= 0.3 is 55.6 Å². The third-order valence-corrected chi connectivity index (χ3v) is 14.8. The normalized spacial score (nSPS) is 14.9. The molecule has 0 unspecified atom stereocenters. The Kier molecular flexibility index (Phi) is 60.5. The van der Waals surface area contributed by atoms with Crippen molar-refractivity contribution in [2.75, 3.05) is 6.61 Å². The Hall–Kier alpha value is -6.81. The summed E-state index contributed by atoms with van der Waals surface area (Å²) < 4.78 is 318. The number of hydrogen-bond donors (Lipinski definition) is 0. The minimum Gasteiger partial charge on any atom is -0.498 e. The summed E-state index contributed by atoms with van der Waals surface area (Å²) in [5.74, 6) is 1.31. The first kappa shape index (κ1) is 111. The van der Waals surface area contributed by atoms with Gasteiger partial charge in [-0.05, 0) is 123 Å². The maximum Gasteiger partial charge on any atom is 0.409 e. The summed E-state index contributed by atoms with van der Waals surface area (Å²) >= 11 is 1.57. The van der Waals surface area contributed by atoms with E-state index >= 15 is 0 Å². The number of hydrogen-bond acceptors (Lipinski definition) is 2. The van der Waals surface area contributed by atoms with Gasteiger partial charge in [-0.15, -0.1) is 11.3 Å². The monoisotopic (exact) mass is 1690 g/mol. The Labute approximate surface area is 649 Å². The van der Waals surface area contributed by atoms with Crippen LogP contribution in [0.15, 0.2) is 200 Å². The van der Waals surface area contributed by atoms with Crippen molar-refractivity contribution in [2.24, 2.45) is 11.8 Å². The average Bonchev–Trinajstić information content (AvgIpc) is 1.73. The Morgan fingerprint density at radius 2 is 0.748 bits per heavy atom. The van der Waals surface area contributed by atoms with Gasteiger partial charge in [0.2, 0.25) is 0 Å². The van der Waals surface area contributed by atoms with Gasteiger partial charge in [-0.2, -0.15) is 119 Å². The molecule has 0 saturated heterocycles. The maximum absolute atomic E-state index is 11.9. The fourth-order valence-electron chi connectivity index (χ4n) is 8.76. The molecule has 632 valence electrons. The number of rotatable bonds is 17. The van der Waals surface area contributed by atoms with E-state index in [1.165, 1.54) is 57.4 Å². The zero-order valence-corrected chi connectivity index (χ0v) is 64.1. The largest absolute Gasteiger partial charge is 0.498 e. The van der Waals surface area contributed by atoms with E-state index in [9.17, 15) is 119 Å². The first-order chi connectivity index (χ1) is 50.9. The predicted molar refractivity (Wildman–Crippen MR) is 391 cm³/mol. The van der Waals surface area contributed by atoms with Crippen molar-refractivity contribution in [1.29, 1.82) is 0 Å². The fraction of sp³-hybridized carbons (Fsp3) is 0.481. The summed E-state index contributed by atoms with van der Waals surface area (Å²) in [6.07, 6.45) is -0.408. The van der Waals surface area contributed by atoms with E-state index in [-0.39, 0.29) is 91.0 Å². The van der Waals surface area contributed by atoms with Gasteiger partial charge in [0.05, 0.1) is 12.4 Å². The summed E-state index contributed by atoms with van der Waals surface area (Å²) in [5.41, 5.74) is 3.14. The van der Waals surface area contributed by atoms with Crippen molar-refractivity contribution in [3.05, 3.63) is 222 Å².